The van der Waals surface area contributed by atoms with E-state index in [0.717, 1.165) is 47.6 Å². The Bertz CT molecular complexity index is 1530. The van der Waals surface area contributed by atoms with Crippen molar-refractivity contribution >= 4 is 15.8 Å². The van der Waals surface area contributed by atoms with Gasteiger partial charge in [0.1, 0.15) is 33.7 Å². The molecule has 0 spiro atoms. The number of carbonyl (C=O) groups is 1. The molecule has 0 aromatic heterocycles. The molecule has 3 aromatic carbocycles. The second-order valence-electron chi connectivity index (χ2n) is 11.5. The number of carboxylic acids is 1. The van der Waals surface area contributed by atoms with Gasteiger partial charge in [0.25, 0.3) is 0 Å². The molecule has 6 rings (SSSR count). The van der Waals surface area contributed by atoms with Crippen molar-refractivity contribution in [1.29, 1.82) is 0 Å². The second-order valence-corrected chi connectivity index (χ2v) is 13.8. The number of hydrogen-bond donors (Lipinski definition) is 1. The van der Waals surface area contributed by atoms with Crippen molar-refractivity contribution < 1.29 is 32.5 Å². The summed E-state index contributed by atoms with van der Waals surface area (Å²) in [6.07, 6.45) is 5.13. The quantitative estimate of drug-likeness (QED) is 0.335. The standard InChI is InChI=1S/C33H36O7S/c34-33(35)11-6-26-21-40-32-18-28(8-10-30(26)32)39-20-23-4-5-24-2-1-3-25-17-27(7-9-29(25)31(24)16-23)38-19-22-12-14-41(36,37)15-13-22/h4-5,7-10,16-18,22,26H,1-3,6,11-15,19-21H2,(H,34,35)/t26-/m1/s1. The Kier molecular flexibility index (Phi) is 7.93. The van der Waals surface area contributed by atoms with Crippen LogP contribution in [0, 0.1) is 5.92 Å². The van der Waals surface area contributed by atoms with Crippen LogP contribution in [0.3, 0.4) is 0 Å². The third kappa shape index (κ3) is 6.53. The lowest BCUT2D eigenvalue weighted by atomic mass is 9.94. The molecule has 1 N–H and O–H groups in total. The Labute approximate surface area is 241 Å². The molecular formula is C33H36O7S. The van der Waals surface area contributed by atoms with Crippen molar-refractivity contribution in [2.45, 2.75) is 57.5 Å². The van der Waals surface area contributed by atoms with Gasteiger partial charge in [0.05, 0.1) is 24.7 Å². The molecule has 0 radical (unpaired) electrons. The topological polar surface area (TPSA) is 99.1 Å². The Morgan fingerprint density at radius 1 is 0.902 bits per heavy atom. The highest BCUT2D eigenvalue weighted by Crippen LogP contribution is 2.39. The highest BCUT2D eigenvalue weighted by Gasteiger charge is 2.26. The number of rotatable bonds is 9. The molecule has 0 saturated carbocycles. The number of benzene rings is 3. The Morgan fingerprint density at radius 3 is 2.51 bits per heavy atom. The van der Waals surface area contributed by atoms with E-state index < -0.39 is 15.8 Å². The minimum atomic E-state index is -2.86. The van der Waals surface area contributed by atoms with Crippen LogP contribution in [0.25, 0.3) is 11.1 Å². The molecule has 1 aliphatic carbocycles. The SMILES string of the molecule is O=C(O)CC[C@@H]1COc2cc(OCc3ccc4c(c3)-c3ccc(OCC5CCS(=O)(=O)CC5)cc3CCC4)ccc21. The molecule has 0 amide bonds. The lowest BCUT2D eigenvalue weighted by Gasteiger charge is -2.22. The van der Waals surface area contributed by atoms with Crippen LogP contribution in [0.5, 0.6) is 17.2 Å². The van der Waals surface area contributed by atoms with Gasteiger partial charge in [-0.15, -0.1) is 0 Å². The summed E-state index contributed by atoms with van der Waals surface area (Å²) in [6, 6.07) is 18.8. The van der Waals surface area contributed by atoms with Crippen molar-refractivity contribution in [1.82, 2.24) is 0 Å². The summed E-state index contributed by atoms with van der Waals surface area (Å²) in [5.41, 5.74) is 7.22. The molecule has 8 heteroatoms. The van der Waals surface area contributed by atoms with E-state index in [2.05, 4.69) is 30.3 Å². The summed E-state index contributed by atoms with van der Waals surface area (Å²) in [5.74, 6) is 2.51. The van der Waals surface area contributed by atoms with Gasteiger partial charge in [0.2, 0.25) is 0 Å². The van der Waals surface area contributed by atoms with Gasteiger partial charge in [0.15, 0.2) is 0 Å². The second kappa shape index (κ2) is 11.8. The molecule has 41 heavy (non-hydrogen) atoms. The summed E-state index contributed by atoms with van der Waals surface area (Å²) in [5, 5.41) is 9.00. The van der Waals surface area contributed by atoms with E-state index in [0.29, 0.717) is 39.1 Å². The van der Waals surface area contributed by atoms with E-state index in [-0.39, 0.29) is 29.8 Å². The van der Waals surface area contributed by atoms with Gasteiger partial charge in [-0.25, -0.2) is 8.42 Å². The van der Waals surface area contributed by atoms with Crippen molar-refractivity contribution in [3.05, 3.63) is 76.9 Å². The smallest absolute Gasteiger partial charge is 0.303 e. The molecule has 0 unspecified atom stereocenters. The summed E-state index contributed by atoms with van der Waals surface area (Å²) < 4.78 is 41.5. The molecule has 1 fully saturated rings. The zero-order valence-corrected chi connectivity index (χ0v) is 24.0. The molecule has 216 valence electrons. The average Bonchev–Trinajstić information content (AvgIpc) is 3.28. The number of aryl methyl sites for hydroxylation is 2. The van der Waals surface area contributed by atoms with Crippen LogP contribution >= 0.6 is 0 Å². The van der Waals surface area contributed by atoms with Crippen LogP contribution in [-0.4, -0.2) is 44.2 Å². The highest BCUT2D eigenvalue weighted by atomic mass is 32.2. The lowest BCUT2D eigenvalue weighted by molar-refractivity contribution is -0.137. The fourth-order valence-corrected chi connectivity index (χ4v) is 7.74. The first-order valence-corrected chi connectivity index (χ1v) is 16.3. The minimum absolute atomic E-state index is 0.108. The zero-order valence-electron chi connectivity index (χ0n) is 23.1. The fraction of sp³-hybridized carbons (Fsp3) is 0.424. The molecule has 1 saturated heterocycles. The first kappa shape index (κ1) is 27.6. The minimum Gasteiger partial charge on any atom is -0.493 e. The summed E-state index contributed by atoms with van der Waals surface area (Å²) in [6.45, 7) is 1.50. The lowest BCUT2D eigenvalue weighted by Crippen LogP contribution is -2.26. The summed E-state index contributed by atoms with van der Waals surface area (Å²) in [7, 11) is -2.86. The van der Waals surface area contributed by atoms with E-state index in [9.17, 15) is 13.2 Å². The average molecular weight is 577 g/mol. The Hall–Kier alpha value is -3.52. The van der Waals surface area contributed by atoms with Gasteiger partial charge >= 0.3 is 5.97 Å². The molecule has 3 aromatic rings. The maximum atomic E-state index is 11.7. The maximum Gasteiger partial charge on any atom is 0.303 e. The normalized spacial score (nSPS) is 19.3. The molecule has 1 atom stereocenters. The van der Waals surface area contributed by atoms with Crippen molar-refractivity contribution in [2.75, 3.05) is 24.7 Å². The van der Waals surface area contributed by atoms with Crippen molar-refractivity contribution in [2.24, 2.45) is 5.92 Å². The third-order valence-electron chi connectivity index (χ3n) is 8.57. The molecule has 0 bridgehead atoms. The van der Waals surface area contributed by atoms with Crippen molar-refractivity contribution in [3.8, 4) is 28.4 Å². The van der Waals surface area contributed by atoms with E-state index in [1.54, 1.807) is 0 Å². The number of hydrogen-bond acceptors (Lipinski definition) is 6. The largest absolute Gasteiger partial charge is 0.493 e. The predicted octanol–water partition coefficient (Wildman–Crippen LogP) is 5.97. The monoisotopic (exact) mass is 576 g/mol. The number of carboxylic acid groups (broad SMARTS) is 1. The van der Waals surface area contributed by atoms with Gasteiger partial charge in [-0.05, 0) is 96.5 Å². The molecular weight excluding hydrogens is 540 g/mol. The third-order valence-corrected chi connectivity index (χ3v) is 10.3. The first-order valence-electron chi connectivity index (χ1n) is 14.5. The Morgan fingerprint density at radius 2 is 1.68 bits per heavy atom. The first-order chi connectivity index (χ1) is 19.8. The van der Waals surface area contributed by atoms with Crippen LogP contribution in [0.4, 0.5) is 0 Å². The van der Waals surface area contributed by atoms with E-state index >= 15 is 0 Å². The van der Waals surface area contributed by atoms with Gasteiger partial charge in [-0.3, -0.25) is 4.79 Å². The van der Waals surface area contributed by atoms with Gasteiger partial charge in [-0.2, -0.15) is 0 Å². The zero-order chi connectivity index (χ0) is 28.4. The van der Waals surface area contributed by atoms with Crippen LogP contribution in [0.1, 0.15) is 60.3 Å². The molecule has 3 aliphatic rings. The Balaban J connectivity index is 1.12. The van der Waals surface area contributed by atoms with E-state index in [1.165, 1.54) is 22.3 Å². The molecule has 2 heterocycles. The van der Waals surface area contributed by atoms with Crippen molar-refractivity contribution in [3.63, 3.8) is 0 Å². The maximum absolute atomic E-state index is 11.7. The molecule has 7 nitrogen and oxygen atoms in total. The molecule has 2 aliphatic heterocycles. The number of aliphatic carboxylic acids is 1. The van der Waals surface area contributed by atoms with Crippen LogP contribution in [-0.2, 0) is 34.1 Å². The van der Waals surface area contributed by atoms with Gasteiger partial charge < -0.3 is 19.3 Å². The predicted molar refractivity (Wildman–Crippen MR) is 157 cm³/mol. The number of fused-ring (bicyclic) bond motifs is 4. The fourth-order valence-electron chi connectivity index (χ4n) is 6.15. The summed E-state index contributed by atoms with van der Waals surface area (Å²) >= 11 is 0. The van der Waals surface area contributed by atoms with E-state index in [4.69, 9.17) is 19.3 Å². The number of ether oxygens (including phenoxy) is 3. The summed E-state index contributed by atoms with van der Waals surface area (Å²) in [4.78, 5) is 10.9. The van der Waals surface area contributed by atoms with Gasteiger partial charge in [-0.1, -0.05) is 24.3 Å². The van der Waals surface area contributed by atoms with Crippen LogP contribution in [0.2, 0.25) is 0 Å². The van der Waals surface area contributed by atoms with Crippen LogP contribution in [0.15, 0.2) is 54.6 Å². The highest BCUT2D eigenvalue weighted by molar-refractivity contribution is 7.91. The van der Waals surface area contributed by atoms with Crippen LogP contribution < -0.4 is 14.2 Å². The van der Waals surface area contributed by atoms with Gasteiger partial charge in [0, 0.05) is 24.0 Å². The number of sulfone groups is 1. The van der Waals surface area contributed by atoms with E-state index in [1.807, 2.05) is 24.3 Å².